The minimum absolute atomic E-state index is 0.0991. The van der Waals surface area contributed by atoms with Gasteiger partial charge in [-0.25, -0.2) is 4.98 Å². The van der Waals surface area contributed by atoms with E-state index in [9.17, 15) is 4.79 Å². The number of carbonyl (C=O) groups excluding carboxylic acids is 1. The van der Waals surface area contributed by atoms with E-state index in [2.05, 4.69) is 15.4 Å². The van der Waals surface area contributed by atoms with Gasteiger partial charge in [-0.3, -0.25) is 9.48 Å². The van der Waals surface area contributed by atoms with E-state index < -0.39 is 0 Å². The second-order valence-corrected chi connectivity index (χ2v) is 6.19. The van der Waals surface area contributed by atoms with Crippen LogP contribution in [-0.2, 0) is 7.05 Å². The zero-order chi connectivity index (χ0) is 14.6. The quantitative estimate of drug-likeness (QED) is 0.832. The van der Waals surface area contributed by atoms with Gasteiger partial charge < -0.3 is 10.2 Å². The van der Waals surface area contributed by atoms with Crippen molar-refractivity contribution in [2.75, 3.05) is 26.2 Å². The molecule has 0 radical (unpaired) electrons. The molecule has 2 fully saturated rings. The molecule has 2 saturated heterocycles. The SMILES string of the molecule is Cc1nn(C)c2ncc(C(=O)N3C[C@H]4CNC[C@H]4C3)cc12. The predicted octanol–water partition coefficient (Wildman–Crippen LogP) is 0.568. The smallest absolute Gasteiger partial charge is 0.255 e. The first-order valence-corrected chi connectivity index (χ1v) is 7.43. The lowest BCUT2D eigenvalue weighted by molar-refractivity contribution is 0.0781. The van der Waals surface area contributed by atoms with Crippen LogP contribution in [0.25, 0.3) is 11.0 Å². The van der Waals surface area contributed by atoms with Crippen LogP contribution in [0.4, 0.5) is 0 Å². The molecule has 0 saturated carbocycles. The number of pyridine rings is 1. The second-order valence-electron chi connectivity index (χ2n) is 6.19. The summed E-state index contributed by atoms with van der Waals surface area (Å²) in [6.07, 6.45) is 1.68. The number of nitrogens with zero attached hydrogens (tertiary/aromatic N) is 4. The van der Waals surface area contributed by atoms with Crippen LogP contribution < -0.4 is 5.32 Å². The lowest BCUT2D eigenvalue weighted by atomic mass is 10.0. The summed E-state index contributed by atoms with van der Waals surface area (Å²) in [6.45, 7) is 5.74. The summed E-state index contributed by atoms with van der Waals surface area (Å²) >= 11 is 0. The van der Waals surface area contributed by atoms with Crippen LogP contribution in [-0.4, -0.2) is 51.8 Å². The summed E-state index contributed by atoms with van der Waals surface area (Å²) in [5.74, 6) is 1.33. The molecule has 0 spiro atoms. The number of likely N-dealkylation sites (tertiary alicyclic amines) is 1. The molecule has 2 aliphatic heterocycles. The Morgan fingerprint density at radius 2 is 2.05 bits per heavy atom. The predicted molar refractivity (Wildman–Crippen MR) is 79.0 cm³/mol. The van der Waals surface area contributed by atoms with Crippen molar-refractivity contribution in [2.24, 2.45) is 18.9 Å². The molecule has 2 aliphatic rings. The summed E-state index contributed by atoms with van der Waals surface area (Å²) in [5, 5.41) is 8.71. The second kappa shape index (κ2) is 4.53. The van der Waals surface area contributed by atoms with Gasteiger partial charge in [0.1, 0.15) is 0 Å². The van der Waals surface area contributed by atoms with E-state index in [1.807, 2.05) is 24.9 Å². The summed E-state index contributed by atoms with van der Waals surface area (Å²) in [7, 11) is 1.87. The highest BCUT2D eigenvalue weighted by molar-refractivity contribution is 5.97. The molecule has 2 atom stereocenters. The van der Waals surface area contributed by atoms with Crippen molar-refractivity contribution >= 4 is 16.9 Å². The molecule has 110 valence electrons. The lowest BCUT2D eigenvalue weighted by Crippen LogP contribution is -2.31. The van der Waals surface area contributed by atoms with Crippen molar-refractivity contribution in [3.63, 3.8) is 0 Å². The molecule has 4 heterocycles. The Labute approximate surface area is 123 Å². The van der Waals surface area contributed by atoms with Crippen LogP contribution in [0.15, 0.2) is 12.3 Å². The van der Waals surface area contributed by atoms with E-state index in [1.165, 1.54) is 0 Å². The summed E-state index contributed by atoms with van der Waals surface area (Å²) in [5.41, 5.74) is 2.41. The number of amides is 1. The maximum atomic E-state index is 12.7. The maximum Gasteiger partial charge on any atom is 0.255 e. The summed E-state index contributed by atoms with van der Waals surface area (Å²) in [6, 6.07) is 1.93. The van der Waals surface area contributed by atoms with Crippen molar-refractivity contribution < 1.29 is 4.79 Å². The Kier molecular flexibility index (Phi) is 2.75. The van der Waals surface area contributed by atoms with Gasteiger partial charge in [0.2, 0.25) is 0 Å². The number of carbonyl (C=O) groups is 1. The topological polar surface area (TPSA) is 63.1 Å². The third-order valence-corrected chi connectivity index (χ3v) is 4.79. The monoisotopic (exact) mass is 285 g/mol. The van der Waals surface area contributed by atoms with Crippen molar-refractivity contribution in [3.8, 4) is 0 Å². The molecule has 4 rings (SSSR count). The molecule has 2 aromatic rings. The van der Waals surface area contributed by atoms with E-state index in [0.717, 1.165) is 42.9 Å². The van der Waals surface area contributed by atoms with Gasteiger partial charge in [-0.15, -0.1) is 0 Å². The van der Waals surface area contributed by atoms with Gasteiger partial charge in [-0.2, -0.15) is 5.10 Å². The largest absolute Gasteiger partial charge is 0.338 e. The number of aryl methyl sites for hydroxylation is 2. The molecule has 6 nitrogen and oxygen atoms in total. The number of nitrogens with one attached hydrogen (secondary N) is 1. The minimum atomic E-state index is 0.0991. The summed E-state index contributed by atoms with van der Waals surface area (Å²) < 4.78 is 1.75. The lowest BCUT2D eigenvalue weighted by Gasteiger charge is -2.17. The van der Waals surface area contributed by atoms with E-state index >= 15 is 0 Å². The van der Waals surface area contributed by atoms with E-state index in [1.54, 1.807) is 10.9 Å². The highest BCUT2D eigenvalue weighted by Crippen LogP contribution is 2.28. The molecule has 6 heteroatoms. The van der Waals surface area contributed by atoms with Crippen LogP contribution in [0.5, 0.6) is 0 Å². The van der Waals surface area contributed by atoms with Crippen molar-refractivity contribution in [3.05, 3.63) is 23.5 Å². The van der Waals surface area contributed by atoms with Crippen molar-refractivity contribution in [1.29, 1.82) is 0 Å². The van der Waals surface area contributed by atoms with Gasteiger partial charge >= 0.3 is 0 Å². The summed E-state index contributed by atoms with van der Waals surface area (Å²) in [4.78, 5) is 19.1. The minimum Gasteiger partial charge on any atom is -0.338 e. The number of aromatic nitrogens is 3. The average Bonchev–Trinajstić information content (AvgIpc) is 3.12. The molecule has 2 aromatic heterocycles. The Hall–Kier alpha value is -1.95. The van der Waals surface area contributed by atoms with Gasteiger partial charge in [-0.1, -0.05) is 0 Å². The molecule has 0 aliphatic carbocycles. The molecule has 0 unspecified atom stereocenters. The number of rotatable bonds is 1. The fraction of sp³-hybridized carbons (Fsp3) is 0.533. The van der Waals surface area contributed by atoms with Crippen molar-refractivity contribution in [2.45, 2.75) is 6.92 Å². The van der Waals surface area contributed by atoms with Gasteiger partial charge in [-0.05, 0) is 24.8 Å². The van der Waals surface area contributed by atoms with E-state index in [-0.39, 0.29) is 5.91 Å². The Bertz CT molecular complexity index is 710. The Morgan fingerprint density at radius 3 is 2.76 bits per heavy atom. The molecule has 1 amide bonds. The van der Waals surface area contributed by atoms with Crippen LogP contribution in [0.1, 0.15) is 16.1 Å². The first-order valence-electron chi connectivity index (χ1n) is 7.43. The molecule has 1 N–H and O–H groups in total. The van der Waals surface area contributed by atoms with Gasteiger partial charge in [0.15, 0.2) is 5.65 Å². The number of fused-ring (bicyclic) bond motifs is 2. The fourth-order valence-electron chi connectivity index (χ4n) is 3.63. The zero-order valence-electron chi connectivity index (χ0n) is 12.3. The first-order chi connectivity index (χ1) is 10.1. The standard InChI is InChI=1S/C15H19N5O/c1-9-13-3-10(6-17-14(13)19(2)18-9)15(21)20-7-11-4-16-5-12(11)8-20/h3,6,11-12,16H,4-5,7-8H2,1-2H3/t11-,12+. The molecule has 21 heavy (non-hydrogen) atoms. The van der Waals surface area contributed by atoms with Gasteiger partial charge in [0.05, 0.1) is 11.3 Å². The van der Waals surface area contributed by atoms with E-state index in [0.29, 0.717) is 17.4 Å². The Morgan fingerprint density at radius 1 is 1.33 bits per heavy atom. The third-order valence-electron chi connectivity index (χ3n) is 4.79. The molecular weight excluding hydrogens is 266 g/mol. The highest BCUT2D eigenvalue weighted by atomic mass is 16.2. The van der Waals surface area contributed by atoms with Crippen LogP contribution in [0.2, 0.25) is 0 Å². The van der Waals surface area contributed by atoms with Crippen LogP contribution in [0, 0.1) is 18.8 Å². The van der Waals surface area contributed by atoms with E-state index in [4.69, 9.17) is 0 Å². The average molecular weight is 285 g/mol. The maximum absolute atomic E-state index is 12.7. The van der Waals surface area contributed by atoms with Crippen LogP contribution >= 0.6 is 0 Å². The van der Waals surface area contributed by atoms with Crippen molar-refractivity contribution in [1.82, 2.24) is 25.0 Å². The highest BCUT2D eigenvalue weighted by Gasteiger charge is 2.38. The number of hydrogen-bond donors (Lipinski definition) is 1. The third kappa shape index (κ3) is 1.93. The molecular formula is C15H19N5O. The molecule has 0 aromatic carbocycles. The van der Waals surface area contributed by atoms with Crippen LogP contribution in [0.3, 0.4) is 0 Å². The normalized spacial score (nSPS) is 24.8. The Balaban J connectivity index is 1.64. The number of hydrogen-bond acceptors (Lipinski definition) is 4. The van der Waals surface area contributed by atoms with Gasteiger partial charge in [0.25, 0.3) is 5.91 Å². The van der Waals surface area contributed by atoms with Gasteiger partial charge in [0, 0.05) is 44.8 Å². The first kappa shape index (κ1) is 12.8. The fourth-order valence-corrected chi connectivity index (χ4v) is 3.63. The zero-order valence-corrected chi connectivity index (χ0v) is 12.3. The molecule has 0 bridgehead atoms.